The molecule has 5 nitrogen and oxygen atoms in total. The molecule has 98 valence electrons. The first kappa shape index (κ1) is 13.2. The van der Waals surface area contributed by atoms with Crippen molar-refractivity contribution in [2.75, 3.05) is 7.11 Å². The molecule has 1 atom stereocenters. The monoisotopic (exact) mass is 257 g/mol. The maximum absolute atomic E-state index is 11.2. The molecule has 1 aromatic heterocycles. The van der Waals surface area contributed by atoms with Gasteiger partial charge in [0.05, 0.1) is 19.0 Å². The number of rotatable bonds is 4. The molecular formula is C14H15N3O2. The number of nitrogens with zero attached hydrogens (tertiary/aromatic N) is 2. The quantitative estimate of drug-likeness (QED) is 0.832. The van der Waals surface area contributed by atoms with Crippen LogP contribution in [0, 0.1) is 0 Å². The minimum Gasteiger partial charge on any atom is -0.468 e. The summed E-state index contributed by atoms with van der Waals surface area (Å²) in [7, 11) is 1.33. The molecule has 0 bridgehead atoms. The van der Waals surface area contributed by atoms with Crippen LogP contribution in [0.5, 0.6) is 0 Å². The van der Waals surface area contributed by atoms with Crippen LogP contribution < -0.4 is 5.73 Å². The van der Waals surface area contributed by atoms with Crippen LogP contribution in [-0.4, -0.2) is 29.1 Å². The lowest BCUT2D eigenvalue weighted by Crippen LogP contribution is -2.33. The van der Waals surface area contributed by atoms with E-state index < -0.39 is 12.0 Å². The smallest absolute Gasteiger partial charge is 0.322 e. The zero-order valence-electron chi connectivity index (χ0n) is 10.6. The second kappa shape index (κ2) is 6.06. The summed E-state index contributed by atoms with van der Waals surface area (Å²) in [5.74, 6) is -0.405. The Kier molecular flexibility index (Phi) is 4.20. The van der Waals surface area contributed by atoms with Crippen LogP contribution in [0.15, 0.2) is 42.9 Å². The highest BCUT2D eigenvalue weighted by Gasteiger charge is 2.14. The van der Waals surface area contributed by atoms with E-state index in [9.17, 15) is 4.79 Å². The van der Waals surface area contributed by atoms with Gasteiger partial charge in [0.1, 0.15) is 6.04 Å². The third kappa shape index (κ3) is 3.35. The van der Waals surface area contributed by atoms with E-state index in [0.29, 0.717) is 6.42 Å². The van der Waals surface area contributed by atoms with E-state index in [0.717, 1.165) is 16.8 Å². The lowest BCUT2D eigenvalue weighted by molar-refractivity contribution is -0.142. The average molecular weight is 257 g/mol. The van der Waals surface area contributed by atoms with Gasteiger partial charge in [-0.25, -0.2) is 0 Å². The average Bonchev–Trinajstić information content (AvgIpc) is 2.48. The summed E-state index contributed by atoms with van der Waals surface area (Å²) in [4.78, 5) is 19.5. The predicted octanol–water partition coefficient (Wildman–Crippen LogP) is 1.19. The van der Waals surface area contributed by atoms with Crippen molar-refractivity contribution in [3.8, 4) is 11.3 Å². The fraction of sp³-hybridized carbons (Fsp3) is 0.214. The van der Waals surface area contributed by atoms with Crippen molar-refractivity contribution in [3.63, 3.8) is 0 Å². The van der Waals surface area contributed by atoms with Gasteiger partial charge in [-0.2, -0.15) is 0 Å². The van der Waals surface area contributed by atoms with Gasteiger partial charge < -0.3 is 10.5 Å². The SMILES string of the molecule is COC(=O)[C@@H](N)Cc1ccc(-c2cnccn2)cc1. The summed E-state index contributed by atoms with van der Waals surface area (Å²) >= 11 is 0. The van der Waals surface area contributed by atoms with Gasteiger partial charge >= 0.3 is 5.97 Å². The van der Waals surface area contributed by atoms with Crippen molar-refractivity contribution in [1.29, 1.82) is 0 Å². The van der Waals surface area contributed by atoms with E-state index in [2.05, 4.69) is 14.7 Å². The number of hydrogen-bond donors (Lipinski definition) is 1. The molecule has 0 aliphatic heterocycles. The Balaban J connectivity index is 2.09. The molecule has 0 fully saturated rings. The van der Waals surface area contributed by atoms with Gasteiger partial charge in [-0.15, -0.1) is 0 Å². The number of methoxy groups -OCH3 is 1. The minimum atomic E-state index is -0.632. The van der Waals surface area contributed by atoms with Crippen LogP contribution in [0.2, 0.25) is 0 Å². The molecule has 0 aliphatic rings. The zero-order chi connectivity index (χ0) is 13.7. The van der Waals surface area contributed by atoms with Crippen molar-refractivity contribution >= 4 is 5.97 Å². The van der Waals surface area contributed by atoms with Crippen molar-refractivity contribution in [2.24, 2.45) is 5.73 Å². The Labute approximate surface area is 111 Å². The number of hydrogen-bond acceptors (Lipinski definition) is 5. The highest BCUT2D eigenvalue weighted by molar-refractivity contribution is 5.75. The predicted molar refractivity (Wildman–Crippen MR) is 71.2 cm³/mol. The minimum absolute atomic E-state index is 0.405. The van der Waals surface area contributed by atoms with Gasteiger partial charge in [0.2, 0.25) is 0 Å². The molecule has 5 heteroatoms. The number of nitrogens with two attached hydrogens (primary N) is 1. The summed E-state index contributed by atoms with van der Waals surface area (Å²) in [6.45, 7) is 0. The van der Waals surface area contributed by atoms with Crippen LogP contribution in [0.3, 0.4) is 0 Å². The van der Waals surface area contributed by atoms with Gasteiger partial charge in [0, 0.05) is 18.0 Å². The summed E-state index contributed by atoms with van der Waals surface area (Å²) in [5, 5.41) is 0. The van der Waals surface area contributed by atoms with Crippen molar-refractivity contribution < 1.29 is 9.53 Å². The molecule has 2 rings (SSSR count). The third-order valence-electron chi connectivity index (χ3n) is 2.77. The molecule has 2 aromatic rings. The van der Waals surface area contributed by atoms with Gasteiger partial charge in [0.15, 0.2) is 0 Å². The largest absolute Gasteiger partial charge is 0.468 e. The number of ether oxygens (including phenoxy) is 1. The Morgan fingerprint density at radius 1 is 1.32 bits per heavy atom. The van der Waals surface area contributed by atoms with Crippen LogP contribution in [0.4, 0.5) is 0 Å². The van der Waals surface area contributed by atoms with E-state index in [4.69, 9.17) is 5.73 Å². The van der Waals surface area contributed by atoms with Crippen molar-refractivity contribution in [2.45, 2.75) is 12.5 Å². The second-order valence-electron chi connectivity index (χ2n) is 4.12. The number of aromatic nitrogens is 2. The van der Waals surface area contributed by atoms with Gasteiger partial charge in [0.25, 0.3) is 0 Å². The molecule has 0 spiro atoms. The van der Waals surface area contributed by atoms with Crippen LogP contribution in [-0.2, 0) is 16.0 Å². The fourth-order valence-corrected chi connectivity index (χ4v) is 1.75. The molecule has 0 unspecified atom stereocenters. The Bertz CT molecular complexity index is 540. The Morgan fingerprint density at radius 2 is 2.05 bits per heavy atom. The maximum atomic E-state index is 11.2. The van der Waals surface area contributed by atoms with Crippen LogP contribution >= 0.6 is 0 Å². The van der Waals surface area contributed by atoms with Crippen LogP contribution in [0.25, 0.3) is 11.3 Å². The molecule has 0 aliphatic carbocycles. The topological polar surface area (TPSA) is 78.1 Å². The highest BCUT2D eigenvalue weighted by atomic mass is 16.5. The number of esters is 1. The summed E-state index contributed by atoms with van der Waals surface area (Å²) < 4.78 is 4.60. The molecule has 0 amide bonds. The number of benzene rings is 1. The van der Waals surface area contributed by atoms with E-state index in [-0.39, 0.29) is 0 Å². The molecule has 2 N–H and O–H groups in total. The van der Waals surface area contributed by atoms with Crippen molar-refractivity contribution in [3.05, 3.63) is 48.4 Å². The molecule has 0 saturated heterocycles. The molecule has 1 heterocycles. The molecular weight excluding hydrogens is 242 g/mol. The summed E-state index contributed by atoms with van der Waals surface area (Å²) in [6.07, 6.45) is 5.44. The number of carbonyl (C=O) groups excluding carboxylic acids is 1. The molecule has 1 aromatic carbocycles. The lowest BCUT2D eigenvalue weighted by Gasteiger charge is -2.09. The van der Waals surface area contributed by atoms with E-state index >= 15 is 0 Å². The maximum Gasteiger partial charge on any atom is 0.322 e. The number of carbonyl (C=O) groups is 1. The van der Waals surface area contributed by atoms with Gasteiger partial charge in [-0.05, 0) is 12.0 Å². The van der Waals surface area contributed by atoms with E-state index in [1.165, 1.54) is 7.11 Å². The first-order valence-electron chi connectivity index (χ1n) is 5.89. The lowest BCUT2D eigenvalue weighted by atomic mass is 10.0. The zero-order valence-corrected chi connectivity index (χ0v) is 10.6. The van der Waals surface area contributed by atoms with E-state index in [1.807, 2.05) is 24.3 Å². The Hall–Kier alpha value is -2.27. The summed E-state index contributed by atoms with van der Waals surface area (Å²) in [5.41, 5.74) is 8.48. The molecule has 0 radical (unpaired) electrons. The van der Waals surface area contributed by atoms with Crippen molar-refractivity contribution in [1.82, 2.24) is 9.97 Å². The first-order chi connectivity index (χ1) is 9.20. The third-order valence-corrected chi connectivity index (χ3v) is 2.77. The second-order valence-corrected chi connectivity index (χ2v) is 4.12. The Morgan fingerprint density at radius 3 is 2.63 bits per heavy atom. The first-order valence-corrected chi connectivity index (χ1v) is 5.89. The fourth-order valence-electron chi connectivity index (χ4n) is 1.75. The summed E-state index contributed by atoms with van der Waals surface area (Å²) in [6, 6.07) is 7.08. The molecule has 0 saturated carbocycles. The van der Waals surface area contributed by atoms with E-state index in [1.54, 1.807) is 18.6 Å². The van der Waals surface area contributed by atoms with Gasteiger partial charge in [-0.1, -0.05) is 24.3 Å². The highest BCUT2D eigenvalue weighted by Crippen LogP contribution is 2.16. The van der Waals surface area contributed by atoms with Crippen LogP contribution in [0.1, 0.15) is 5.56 Å². The standard InChI is InChI=1S/C14H15N3O2/c1-19-14(18)12(15)8-10-2-4-11(5-3-10)13-9-16-6-7-17-13/h2-7,9,12H,8,15H2,1H3/t12-/m0/s1. The van der Waals surface area contributed by atoms with Gasteiger partial charge in [-0.3, -0.25) is 14.8 Å². The normalized spacial score (nSPS) is 11.9. The molecule has 19 heavy (non-hydrogen) atoms.